The number of morpholine rings is 1. The highest BCUT2D eigenvalue weighted by atomic mass is 16.5. The lowest BCUT2D eigenvalue weighted by atomic mass is 9.85. The van der Waals surface area contributed by atoms with Crippen LogP contribution < -0.4 is 0 Å². The van der Waals surface area contributed by atoms with Crippen molar-refractivity contribution >= 4 is 5.91 Å². The zero-order chi connectivity index (χ0) is 15.4. The zero-order valence-electron chi connectivity index (χ0n) is 13.6. The van der Waals surface area contributed by atoms with Gasteiger partial charge in [-0.2, -0.15) is 0 Å². The van der Waals surface area contributed by atoms with E-state index in [1.807, 2.05) is 4.90 Å². The first kappa shape index (κ1) is 16.0. The number of hydrogen-bond donors (Lipinski definition) is 0. The first-order valence-electron chi connectivity index (χ1n) is 7.92. The van der Waals surface area contributed by atoms with Gasteiger partial charge in [-0.25, -0.2) is 0 Å². The summed E-state index contributed by atoms with van der Waals surface area (Å²) in [4.78, 5) is 14.6. The number of rotatable bonds is 4. The summed E-state index contributed by atoms with van der Waals surface area (Å²) in [5.74, 6) is 0.992. The van der Waals surface area contributed by atoms with Crippen molar-refractivity contribution in [2.45, 2.75) is 46.1 Å². The molecule has 1 aromatic rings. The highest BCUT2D eigenvalue weighted by molar-refractivity contribution is 5.77. The summed E-state index contributed by atoms with van der Waals surface area (Å²) in [6, 6.07) is 8.78. The lowest BCUT2D eigenvalue weighted by Gasteiger charge is -2.35. The Labute approximate surface area is 128 Å². The van der Waals surface area contributed by atoms with Gasteiger partial charge >= 0.3 is 0 Å². The molecule has 3 nitrogen and oxygen atoms in total. The third-order valence-electron chi connectivity index (χ3n) is 4.39. The van der Waals surface area contributed by atoms with Crippen LogP contribution in [0.15, 0.2) is 24.3 Å². The Kier molecular flexibility index (Phi) is 5.40. The van der Waals surface area contributed by atoms with Crippen LogP contribution in [0.25, 0.3) is 0 Å². The number of aryl methyl sites for hydroxylation is 1. The maximum atomic E-state index is 12.6. The van der Waals surface area contributed by atoms with Gasteiger partial charge in [0.2, 0.25) is 5.91 Å². The Morgan fingerprint density at radius 2 is 2.00 bits per heavy atom. The van der Waals surface area contributed by atoms with Crippen molar-refractivity contribution in [1.29, 1.82) is 0 Å². The molecule has 0 aromatic heterocycles. The Hall–Kier alpha value is -1.35. The van der Waals surface area contributed by atoms with E-state index in [4.69, 9.17) is 4.74 Å². The van der Waals surface area contributed by atoms with E-state index in [0.29, 0.717) is 25.6 Å². The zero-order valence-corrected chi connectivity index (χ0v) is 13.6. The first-order valence-corrected chi connectivity index (χ1v) is 7.92. The van der Waals surface area contributed by atoms with Gasteiger partial charge in [-0.05, 0) is 31.2 Å². The van der Waals surface area contributed by atoms with Gasteiger partial charge in [0.15, 0.2) is 0 Å². The van der Waals surface area contributed by atoms with E-state index in [1.165, 1.54) is 11.1 Å². The van der Waals surface area contributed by atoms with E-state index in [1.54, 1.807) is 0 Å². The molecule has 2 rings (SSSR count). The van der Waals surface area contributed by atoms with Crippen molar-refractivity contribution < 1.29 is 9.53 Å². The van der Waals surface area contributed by atoms with E-state index in [9.17, 15) is 4.79 Å². The van der Waals surface area contributed by atoms with Gasteiger partial charge in [0, 0.05) is 13.0 Å². The third kappa shape index (κ3) is 4.07. The van der Waals surface area contributed by atoms with Crippen LogP contribution in [0.1, 0.15) is 44.2 Å². The molecule has 1 aromatic carbocycles. The standard InChI is InChI=1S/C18H27NO2/c1-13(2)17(16-7-5-14(3)6-8-16)11-18(20)19-9-10-21-12-15(19)4/h5-8,13,15,17H,9-12H2,1-4H3. The largest absolute Gasteiger partial charge is 0.377 e. The van der Waals surface area contributed by atoms with Crippen molar-refractivity contribution in [3.05, 3.63) is 35.4 Å². The van der Waals surface area contributed by atoms with Crippen LogP contribution in [0.2, 0.25) is 0 Å². The van der Waals surface area contributed by atoms with E-state index in [-0.39, 0.29) is 17.9 Å². The summed E-state index contributed by atoms with van der Waals surface area (Å²) in [7, 11) is 0. The molecule has 1 saturated heterocycles. The minimum absolute atomic E-state index is 0.192. The normalized spacial score (nSPS) is 20.6. The molecule has 0 N–H and O–H groups in total. The average molecular weight is 289 g/mol. The smallest absolute Gasteiger partial charge is 0.223 e. The molecule has 21 heavy (non-hydrogen) atoms. The minimum Gasteiger partial charge on any atom is -0.377 e. The quantitative estimate of drug-likeness (QED) is 0.850. The number of amides is 1. The summed E-state index contributed by atoms with van der Waals surface area (Å²) in [6.07, 6.45) is 0.588. The fourth-order valence-corrected chi connectivity index (χ4v) is 2.96. The molecule has 1 heterocycles. The fraction of sp³-hybridized carbons (Fsp3) is 0.611. The minimum atomic E-state index is 0.192. The maximum Gasteiger partial charge on any atom is 0.223 e. The van der Waals surface area contributed by atoms with Crippen molar-refractivity contribution in [3.8, 4) is 0 Å². The van der Waals surface area contributed by atoms with Gasteiger partial charge in [-0.3, -0.25) is 4.79 Å². The molecule has 0 saturated carbocycles. The van der Waals surface area contributed by atoms with Crippen molar-refractivity contribution in [2.75, 3.05) is 19.8 Å². The van der Waals surface area contributed by atoms with Crippen LogP contribution >= 0.6 is 0 Å². The maximum absolute atomic E-state index is 12.6. The third-order valence-corrected chi connectivity index (χ3v) is 4.39. The van der Waals surface area contributed by atoms with Crippen LogP contribution in [0.4, 0.5) is 0 Å². The number of ether oxygens (including phenoxy) is 1. The van der Waals surface area contributed by atoms with Crippen molar-refractivity contribution in [1.82, 2.24) is 4.90 Å². The van der Waals surface area contributed by atoms with Gasteiger partial charge in [-0.1, -0.05) is 43.7 Å². The monoisotopic (exact) mass is 289 g/mol. The van der Waals surface area contributed by atoms with Gasteiger partial charge in [0.05, 0.1) is 19.3 Å². The Bertz CT molecular complexity index is 467. The van der Waals surface area contributed by atoms with Gasteiger partial charge in [0.1, 0.15) is 0 Å². The van der Waals surface area contributed by atoms with Crippen LogP contribution in [-0.4, -0.2) is 36.6 Å². The molecule has 2 unspecified atom stereocenters. The molecule has 1 aliphatic heterocycles. The second-order valence-corrected chi connectivity index (χ2v) is 6.48. The van der Waals surface area contributed by atoms with E-state index >= 15 is 0 Å². The first-order chi connectivity index (χ1) is 9.99. The van der Waals surface area contributed by atoms with Crippen molar-refractivity contribution in [2.24, 2.45) is 5.92 Å². The van der Waals surface area contributed by atoms with E-state index < -0.39 is 0 Å². The predicted octanol–water partition coefficient (Wildman–Crippen LogP) is 3.37. The molecule has 0 radical (unpaired) electrons. The number of hydrogen-bond acceptors (Lipinski definition) is 2. The van der Waals surface area contributed by atoms with Gasteiger partial charge in [0.25, 0.3) is 0 Å². The summed E-state index contributed by atoms with van der Waals surface area (Å²) in [6.45, 7) is 10.6. The summed E-state index contributed by atoms with van der Waals surface area (Å²) < 4.78 is 5.42. The SMILES string of the molecule is Cc1ccc(C(CC(=O)N2CCOCC2C)C(C)C)cc1. The highest BCUT2D eigenvalue weighted by Gasteiger charge is 2.27. The average Bonchev–Trinajstić information content (AvgIpc) is 2.46. The molecule has 2 atom stereocenters. The summed E-state index contributed by atoms with van der Waals surface area (Å²) >= 11 is 0. The molecule has 1 amide bonds. The Morgan fingerprint density at radius 3 is 2.57 bits per heavy atom. The van der Waals surface area contributed by atoms with E-state index in [2.05, 4.69) is 52.0 Å². The Morgan fingerprint density at radius 1 is 1.33 bits per heavy atom. The second-order valence-electron chi connectivity index (χ2n) is 6.48. The number of carbonyl (C=O) groups is 1. The molecule has 0 spiro atoms. The molecular weight excluding hydrogens is 262 g/mol. The molecule has 3 heteroatoms. The van der Waals surface area contributed by atoms with Crippen LogP contribution in [0, 0.1) is 12.8 Å². The van der Waals surface area contributed by atoms with Crippen LogP contribution in [-0.2, 0) is 9.53 Å². The lowest BCUT2D eigenvalue weighted by molar-refractivity contribution is -0.139. The predicted molar refractivity (Wildman–Crippen MR) is 85.4 cm³/mol. The van der Waals surface area contributed by atoms with Crippen molar-refractivity contribution in [3.63, 3.8) is 0 Å². The molecule has 0 aliphatic carbocycles. The molecule has 1 aliphatic rings. The van der Waals surface area contributed by atoms with Gasteiger partial charge < -0.3 is 9.64 Å². The lowest BCUT2D eigenvalue weighted by Crippen LogP contribution is -2.47. The summed E-state index contributed by atoms with van der Waals surface area (Å²) in [5.41, 5.74) is 2.53. The van der Waals surface area contributed by atoms with Crippen LogP contribution in [0.5, 0.6) is 0 Å². The molecule has 116 valence electrons. The fourth-order valence-electron chi connectivity index (χ4n) is 2.96. The van der Waals surface area contributed by atoms with Gasteiger partial charge in [-0.15, -0.1) is 0 Å². The second kappa shape index (κ2) is 7.08. The summed E-state index contributed by atoms with van der Waals surface area (Å²) in [5, 5.41) is 0. The number of nitrogens with zero attached hydrogens (tertiary/aromatic N) is 1. The van der Waals surface area contributed by atoms with Crippen LogP contribution in [0.3, 0.4) is 0 Å². The number of carbonyl (C=O) groups excluding carboxylic acids is 1. The molecule has 0 bridgehead atoms. The number of benzene rings is 1. The Balaban J connectivity index is 2.09. The highest BCUT2D eigenvalue weighted by Crippen LogP contribution is 2.29. The molecular formula is C18H27NO2. The topological polar surface area (TPSA) is 29.5 Å². The van der Waals surface area contributed by atoms with E-state index in [0.717, 1.165) is 6.54 Å². The molecule has 1 fully saturated rings.